The summed E-state index contributed by atoms with van der Waals surface area (Å²) < 4.78 is 30.2. The van der Waals surface area contributed by atoms with Crippen LogP contribution in [0.25, 0.3) is 0 Å². The summed E-state index contributed by atoms with van der Waals surface area (Å²) in [4.78, 5) is 39.7. The number of hydrogen-bond acceptors (Lipinski definition) is 7. The average molecular weight is 975 g/mol. The molecular formula is C58H107N2O7P. The molecular weight excluding hydrogens is 868 g/mol. The number of carbonyl (C=O) groups is 2. The van der Waals surface area contributed by atoms with Gasteiger partial charge in [-0.25, -0.2) is 0 Å². The van der Waals surface area contributed by atoms with Gasteiger partial charge in [0.25, 0.3) is 7.82 Å². The van der Waals surface area contributed by atoms with E-state index in [1.807, 2.05) is 33.3 Å². The highest BCUT2D eigenvalue weighted by Gasteiger charge is 2.27. The van der Waals surface area contributed by atoms with Gasteiger partial charge >= 0.3 is 5.97 Å². The van der Waals surface area contributed by atoms with Gasteiger partial charge in [-0.2, -0.15) is 0 Å². The first-order chi connectivity index (χ1) is 32.9. The Morgan fingerprint density at radius 3 is 1.38 bits per heavy atom. The lowest BCUT2D eigenvalue weighted by molar-refractivity contribution is -0.870. The van der Waals surface area contributed by atoms with Crippen LogP contribution in [0.4, 0.5) is 0 Å². The summed E-state index contributed by atoms with van der Waals surface area (Å²) >= 11 is 0. The van der Waals surface area contributed by atoms with Crippen molar-refractivity contribution in [2.75, 3.05) is 40.9 Å². The van der Waals surface area contributed by atoms with Gasteiger partial charge in [0.1, 0.15) is 19.3 Å². The number of likely N-dealkylation sites (N-methyl/N-ethyl adjacent to an activating group) is 1. The Morgan fingerprint density at radius 1 is 0.515 bits per heavy atom. The second-order valence-corrected chi connectivity index (χ2v) is 21.5. The maximum atomic E-state index is 13.5. The summed E-state index contributed by atoms with van der Waals surface area (Å²) in [5, 5.41) is 3.00. The first kappa shape index (κ1) is 65.7. The van der Waals surface area contributed by atoms with Gasteiger partial charge < -0.3 is 28.5 Å². The van der Waals surface area contributed by atoms with Crippen molar-refractivity contribution in [3.05, 3.63) is 60.8 Å². The number of phosphoric acid groups is 1. The van der Waals surface area contributed by atoms with Crippen molar-refractivity contribution in [1.29, 1.82) is 0 Å². The Hall–Kier alpha value is -2.29. The van der Waals surface area contributed by atoms with Crippen LogP contribution in [0.15, 0.2) is 60.8 Å². The number of allylic oxidation sites excluding steroid dienone is 9. The summed E-state index contributed by atoms with van der Waals surface area (Å²) in [6.45, 7) is 6.77. The van der Waals surface area contributed by atoms with Crippen molar-refractivity contribution >= 4 is 19.7 Å². The molecule has 1 amide bonds. The highest BCUT2D eigenvalue weighted by Crippen LogP contribution is 2.38. The number of amides is 1. The number of esters is 1. The van der Waals surface area contributed by atoms with E-state index in [0.717, 1.165) is 77.0 Å². The van der Waals surface area contributed by atoms with E-state index in [2.05, 4.69) is 74.7 Å². The van der Waals surface area contributed by atoms with E-state index in [1.54, 1.807) is 0 Å². The lowest BCUT2D eigenvalue weighted by atomic mass is 10.0. The van der Waals surface area contributed by atoms with Crippen LogP contribution < -0.4 is 10.2 Å². The molecule has 0 aliphatic carbocycles. The minimum Gasteiger partial charge on any atom is -0.756 e. The van der Waals surface area contributed by atoms with E-state index < -0.39 is 26.6 Å². The Kier molecular flexibility index (Phi) is 46.7. The molecule has 10 heteroatoms. The molecule has 0 spiro atoms. The average Bonchev–Trinajstić information content (AvgIpc) is 3.29. The van der Waals surface area contributed by atoms with Crippen LogP contribution in [0.2, 0.25) is 0 Å². The van der Waals surface area contributed by atoms with E-state index >= 15 is 0 Å². The van der Waals surface area contributed by atoms with Gasteiger partial charge in [-0.15, -0.1) is 0 Å². The van der Waals surface area contributed by atoms with E-state index in [-0.39, 0.29) is 31.3 Å². The summed E-state index contributed by atoms with van der Waals surface area (Å²) in [7, 11) is 1.16. The molecule has 3 unspecified atom stereocenters. The second-order valence-electron chi connectivity index (χ2n) is 20.1. The quantitative estimate of drug-likeness (QED) is 0.0212. The standard InChI is InChI=1S/C58H107N2O7P/c1-7-10-13-16-19-22-25-27-28-29-30-31-32-33-36-38-41-44-47-50-57(61)59-55(54-66-68(63,64)65-53-52-60(4,5)6)56(49-46-43-40-37-35-26-23-20-17-14-11-8-2)67-58(62)51-48-45-42-39-34-24-21-18-15-12-9-3/h19,22,27-28,30-31,33,36,46,49,55-56H,7-18,20-21,23-26,29,32,34-35,37-45,47-48,50-54H2,1-6H3,(H-,59,61,63,64)/b22-19-,28-27-,31-30-,36-33-,49-46-. The highest BCUT2D eigenvalue weighted by atomic mass is 31.2. The number of phosphoric ester groups is 1. The Morgan fingerprint density at radius 2 is 0.897 bits per heavy atom. The molecule has 0 aliphatic heterocycles. The van der Waals surface area contributed by atoms with E-state index in [0.29, 0.717) is 17.4 Å². The minimum absolute atomic E-state index is 0.0293. The number of unbranched alkanes of at least 4 members (excludes halogenated alkanes) is 26. The monoisotopic (exact) mass is 975 g/mol. The number of rotatable bonds is 50. The number of carbonyl (C=O) groups excluding carboxylic acids is 2. The summed E-state index contributed by atoms with van der Waals surface area (Å²) in [6.07, 6.45) is 59.0. The molecule has 0 rings (SSSR count). The van der Waals surface area contributed by atoms with Crippen molar-refractivity contribution in [2.45, 2.75) is 258 Å². The summed E-state index contributed by atoms with van der Waals surface area (Å²) in [5.74, 6) is -0.576. The lowest BCUT2D eigenvalue weighted by Gasteiger charge is -2.30. The zero-order valence-corrected chi connectivity index (χ0v) is 45.9. The number of hydrogen-bond donors (Lipinski definition) is 1. The van der Waals surface area contributed by atoms with Crippen LogP contribution in [0.5, 0.6) is 0 Å². The fourth-order valence-electron chi connectivity index (χ4n) is 7.80. The van der Waals surface area contributed by atoms with Crippen molar-refractivity contribution < 1.29 is 37.3 Å². The Bertz CT molecular complexity index is 1350. The number of quaternary nitrogens is 1. The third-order valence-corrected chi connectivity index (χ3v) is 13.2. The fourth-order valence-corrected chi connectivity index (χ4v) is 8.52. The molecule has 0 saturated carbocycles. The summed E-state index contributed by atoms with van der Waals surface area (Å²) in [5.41, 5.74) is 0. The van der Waals surface area contributed by atoms with Crippen LogP contribution >= 0.6 is 7.82 Å². The van der Waals surface area contributed by atoms with E-state index in [4.69, 9.17) is 13.8 Å². The zero-order valence-electron chi connectivity index (χ0n) is 45.1. The maximum Gasteiger partial charge on any atom is 0.306 e. The minimum atomic E-state index is -4.70. The number of nitrogens with one attached hydrogen (secondary N) is 1. The molecule has 0 radical (unpaired) electrons. The third-order valence-electron chi connectivity index (χ3n) is 12.2. The predicted octanol–water partition coefficient (Wildman–Crippen LogP) is 16.1. The molecule has 0 aromatic rings. The van der Waals surface area contributed by atoms with Gasteiger partial charge in [-0.3, -0.25) is 14.2 Å². The number of nitrogens with zero attached hydrogens (tertiary/aromatic N) is 1. The maximum absolute atomic E-state index is 13.5. The summed E-state index contributed by atoms with van der Waals surface area (Å²) in [6, 6.07) is -0.902. The van der Waals surface area contributed by atoms with Gasteiger partial charge in [0.2, 0.25) is 5.91 Å². The molecule has 0 heterocycles. The molecule has 9 nitrogen and oxygen atoms in total. The Labute approximate surface area is 420 Å². The van der Waals surface area contributed by atoms with Crippen molar-refractivity contribution in [2.24, 2.45) is 0 Å². The second kappa shape index (κ2) is 48.3. The van der Waals surface area contributed by atoms with Crippen molar-refractivity contribution in [3.8, 4) is 0 Å². The molecule has 68 heavy (non-hydrogen) atoms. The van der Waals surface area contributed by atoms with Crippen LogP contribution in [0.1, 0.15) is 245 Å². The lowest BCUT2D eigenvalue weighted by Crippen LogP contribution is -2.47. The van der Waals surface area contributed by atoms with Gasteiger partial charge in [0.15, 0.2) is 0 Å². The largest absolute Gasteiger partial charge is 0.756 e. The first-order valence-corrected chi connectivity index (χ1v) is 29.6. The highest BCUT2D eigenvalue weighted by molar-refractivity contribution is 7.45. The molecule has 0 bridgehead atoms. The SMILES string of the molecule is CCCCC/C=C\C/C=C\C/C=C\C/C=C\CCCCCC(=O)NC(COP(=O)([O-])OCC[N+](C)(C)C)C(/C=C\CCCCCCCCCCCC)OC(=O)CCCCCCCCCCCCC. The molecule has 396 valence electrons. The van der Waals surface area contributed by atoms with Crippen LogP contribution in [0, 0.1) is 0 Å². The van der Waals surface area contributed by atoms with Gasteiger partial charge in [-0.05, 0) is 76.7 Å². The molecule has 3 atom stereocenters. The molecule has 0 aromatic heterocycles. The van der Waals surface area contributed by atoms with Crippen molar-refractivity contribution in [3.63, 3.8) is 0 Å². The normalized spacial score (nSPS) is 14.3. The van der Waals surface area contributed by atoms with Gasteiger partial charge in [0, 0.05) is 12.8 Å². The molecule has 0 aromatic carbocycles. The van der Waals surface area contributed by atoms with Gasteiger partial charge in [-0.1, -0.05) is 217 Å². The van der Waals surface area contributed by atoms with E-state index in [1.165, 1.54) is 128 Å². The molecule has 0 fully saturated rings. The Balaban J connectivity index is 5.39. The van der Waals surface area contributed by atoms with Gasteiger partial charge in [0.05, 0.1) is 33.8 Å². The van der Waals surface area contributed by atoms with E-state index in [9.17, 15) is 19.0 Å². The smallest absolute Gasteiger partial charge is 0.306 e. The first-order valence-electron chi connectivity index (χ1n) is 28.1. The molecule has 0 aliphatic rings. The van der Waals surface area contributed by atoms with Crippen molar-refractivity contribution in [1.82, 2.24) is 5.32 Å². The fraction of sp³-hybridized carbons (Fsp3) is 0.793. The molecule has 0 saturated heterocycles. The van der Waals surface area contributed by atoms with Crippen LogP contribution in [-0.4, -0.2) is 69.4 Å². The number of ether oxygens (including phenoxy) is 1. The topological polar surface area (TPSA) is 114 Å². The zero-order chi connectivity index (χ0) is 50.1. The van der Waals surface area contributed by atoms with Crippen LogP contribution in [-0.2, 0) is 27.9 Å². The molecule has 1 N–H and O–H groups in total. The van der Waals surface area contributed by atoms with Crippen LogP contribution in [0.3, 0.4) is 0 Å². The predicted molar refractivity (Wildman–Crippen MR) is 289 cm³/mol. The third kappa shape index (κ3) is 48.7.